The minimum atomic E-state index is 0.474. The molecular weight excluding hydrogens is 184 g/mol. The van der Waals surface area contributed by atoms with Gasteiger partial charge in [-0.2, -0.15) is 0 Å². The maximum absolute atomic E-state index is 6.28. The van der Waals surface area contributed by atoms with Crippen LogP contribution in [0.3, 0.4) is 0 Å². The number of fused-ring (bicyclic) bond motifs is 2. The summed E-state index contributed by atoms with van der Waals surface area (Å²) < 4.78 is 0. The van der Waals surface area contributed by atoms with Gasteiger partial charge in [-0.3, -0.25) is 0 Å². The van der Waals surface area contributed by atoms with Crippen LogP contribution in [0, 0.1) is 0 Å². The lowest BCUT2D eigenvalue weighted by Gasteiger charge is -2.39. The van der Waals surface area contributed by atoms with Crippen LogP contribution in [0.2, 0.25) is 0 Å². The van der Waals surface area contributed by atoms with E-state index in [0.29, 0.717) is 12.1 Å². The third-order valence-electron chi connectivity index (χ3n) is 3.83. The summed E-state index contributed by atoms with van der Waals surface area (Å²) in [4.78, 5) is 0. The summed E-state index contributed by atoms with van der Waals surface area (Å²) in [5.74, 6) is 0. The lowest BCUT2D eigenvalue weighted by Crippen LogP contribution is -2.48. The van der Waals surface area contributed by atoms with Gasteiger partial charge in [0.1, 0.15) is 0 Å². The molecule has 1 fully saturated rings. The SMILES string of the molecule is NC1=C2CCCCC2NC2CC=CC=C12. The molecule has 0 aromatic carbocycles. The van der Waals surface area contributed by atoms with Crippen LogP contribution in [0.4, 0.5) is 0 Å². The smallest absolute Gasteiger partial charge is 0.0380 e. The first-order valence-electron chi connectivity index (χ1n) is 5.98. The van der Waals surface area contributed by atoms with Crippen LogP contribution < -0.4 is 11.1 Å². The zero-order valence-electron chi connectivity index (χ0n) is 9.00. The minimum Gasteiger partial charge on any atom is -0.398 e. The maximum atomic E-state index is 6.28. The number of rotatable bonds is 0. The van der Waals surface area contributed by atoms with Crippen LogP contribution in [-0.4, -0.2) is 12.1 Å². The van der Waals surface area contributed by atoms with Crippen LogP contribution >= 0.6 is 0 Å². The minimum absolute atomic E-state index is 0.474. The summed E-state index contributed by atoms with van der Waals surface area (Å²) in [5, 5.41) is 3.73. The molecule has 0 radical (unpaired) electrons. The van der Waals surface area contributed by atoms with Crippen molar-refractivity contribution in [3.8, 4) is 0 Å². The van der Waals surface area contributed by atoms with Gasteiger partial charge in [0, 0.05) is 17.8 Å². The highest BCUT2D eigenvalue weighted by atomic mass is 15.0. The van der Waals surface area contributed by atoms with Crippen molar-refractivity contribution in [1.29, 1.82) is 0 Å². The largest absolute Gasteiger partial charge is 0.398 e. The Balaban J connectivity index is 2.01. The Bertz CT molecular complexity index is 363. The second-order valence-electron chi connectivity index (χ2n) is 4.74. The highest BCUT2D eigenvalue weighted by Crippen LogP contribution is 2.34. The van der Waals surface area contributed by atoms with Crippen molar-refractivity contribution in [2.75, 3.05) is 0 Å². The standard InChI is InChI=1S/C13H18N2/c14-13-9-5-1-3-7-11(9)15-12-8-4-2-6-10(12)13/h1,3,5,11-12,15H,2,4,6-8,14H2. The molecule has 15 heavy (non-hydrogen) atoms. The molecule has 1 heterocycles. The normalized spacial score (nSPS) is 34.5. The van der Waals surface area contributed by atoms with Crippen molar-refractivity contribution in [2.45, 2.75) is 44.2 Å². The van der Waals surface area contributed by atoms with Crippen molar-refractivity contribution >= 4 is 0 Å². The first-order chi connectivity index (χ1) is 7.36. The van der Waals surface area contributed by atoms with Gasteiger partial charge in [0.15, 0.2) is 0 Å². The molecule has 2 aliphatic carbocycles. The lowest BCUT2D eigenvalue weighted by atomic mass is 9.80. The van der Waals surface area contributed by atoms with E-state index < -0.39 is 0 Å². The van der Waals surface area contributed by atoms with Gasteiger partial charge in [-0.15, -0.1) is 0 Å². The van der Waals surface area contributed by atoms with E-state index in [2.05, 4.69) is 23.5 Å². The fourth-order valence-electron chi connectivity index (χ4n) is 3.01. The summed E-state index contributed by atoms with van der Waals surface area (Å²) >= 11 is 0. The predicted molar refractivity (Wildman–Crippen MR) is 62.2 cm³/mol. The van der Waals surface area contributed by atoms with Crippen LogP contribution in [-0.2, 0) is 0 Å². The highest BCUT2D eigenvalue weighted by molar-refractivity contribution is 5.46. The highest BCUT2D eigenvalue weighted by Gasteiger charge is 2.32. The Kier molecular flexibility index (Phi) is 2.17. The first-order valence-corrected chi connectivity index (χ1v) is 5.98. The molecule has 0 aromatic heterocycles. The summed E-state index contributed by atoms with van der Waals surface area (Å²) in [6.07, 6.45) is 12.7. The molecule has 2 atom stereocenters. The average Bonchev–Trinajstić information content (AvgIpc) is 2.30. The Labute approximate surface area is 90.9 Å². The molecule has 0 spiro atoms. The molecule has 0 bridgehead atoms. The number of nitrogens with two attached hydrogens (primary N) is 1. The summed E-state index contributed by atoms with van der Waals surface area (Å²) in [7, 11) is 0. The Morgan fingerprint density at radius 1 is 1.27 bits per heavy atom. The Morgan fingerprint density at radius 2 is 2.20 bits per heavy atom. The van der Waals surface area contributed by atoms with Gasteiger partial charge in [-0.05, 0) is 36.8 Å². The molecule has 2 heteroatoms. The molecule has 0 aromatic rings. The topological polar surface area (TPSA) is 38.0 Å². The number of nitrogens with one attached hydrogen (secondary N) is 1. The third-order valence-corrected chi connectivity index (χ3v) is 3.83. The molecule has 80 valence electrons. The molecule has 0 saturated heterocycles. The molecular formula is C13H18N2. The third kappa shape index (κ3) is 1.44. The van der Waals surface area contributed by atoms with Gasteiger partial charge in [0.25, 0.3) is 0 Å². The van der Waals surface area contributed by atoms with E-state index in [1.165, 1.54) is 36.8 Å². The summed E-state index contributed by atoms with van der Waals surface area (Å²) in [6.45, 7) is 0. The number of hydrogen-bond acceptors (Lipinski definition) is 2. The predicted octanol–water partition coefficient (Wildman–Crippen LogP) is 2.00. The molecule has 0 amide bonds. The fraction of sp³-hybridized carbons (Fsp3) is 0.538. The Morgan fingerprint density at radius 3 is 3.13 bits per heavy atom. The first kappa shape index (κ1) is 9.22. The lowest BCUT2D eigenvalue weighted by molar-refractivity contribution is 0.400. The molecule has 3 aliphatic rings. The van der Waals surface area contributed by atoms with Gasteiger partial charge < -0.3 is 11.1 Å². The van der Waals surface area contributed by atoms with Gasteiger partial charge in [-0.1, -0.05) is 24.6 Å². The van der Waals surface area contributed by atoms with Crippen molar-refractivity contribution in [3.05, 3.63) is 35.1 Å². The van der Waals surface area contributed by atoms with Gasteiger partial charge in [0.05, 0.1) is 0 Å². The molecule has 3 N–H and O–H groups in total. The molecule has 2 nitrogen and oxygen atoms in total. The number of allylic oxidation sites excluding steroid dienone is 2. The van der Waals surface area contributed by atoms with E-state index in [1.807, 2.05) is 0 Å². The van der Waals surface area contributed by atoms with Crippen molar-refractivity contribution in [2.24, 2.45) is 5.73 Å². The van der Waals surface area contributed by atoms with Crippen molar-refractivity contribution < 1.29 is 0 Å². The second kappa shape index (κ2) is 3.53. The maximum Gasteiger partial charge on any atom is 0.0380 e. The van der Waals surface area contributed by atoms with E-state index in [9.17, 15) is 0 Å². The van der Waals surface area contributed by atoms with Gasteiger partial charge in [0.2, 0.25) is 0 Å². The van der Waals surface area contributed by atoms with Crippen LogP contribution in [0.5, 0.6) is 0 Å². The molecule has 1 aliphatic heterocycles. The summed E-state index contributed by atoms with van der Waals surface area (Å²) in [6, 6.07) is 1.04. The monoisotopic (exact) mass is 202 g/mol. The van der Waals surface area contributed by atoms with Crippen molar-refractivity contribution in [3.63, 3.8) is 0 Å². The zero-order chi connectivity index (χ0) is 10.3. The van der Waals surface area contributed by atoms with E-state index >= 15 is 0 Å². The summed E-state index contributed by atoms with van der Waals surface area (Å²) in [5.41, 5.74) is 10.2. The zero-order valence-corrected chi connectivity index (χ0v) is 9.00. The van der Waals surface area contributed by atoms with E-state index in [-0.39, 0.29) is 0 Å². The van der Waals surface area contributed by atoms with Crippen LogP contribution in [0.25, 0.3) is 0 Å². The van der Waals surface area contributed by atoms with E-state index in [0.717, 1.165) is 12.1 Å². The Hall–Kier alpha value is -1.02. The van der Waals surface area contributed by atoms with Gasteiger partial charge in [-0.25, -0.2) is 0 Å². The number of hydrogen-bond donors (Lipinski definition) is 2. The average molecular weight is 202 g/mol. The molecule has 3 rings (SSSR count). The van der Waals surface area contributed by atoms with Crippen LogP contribution in [0.1, 0.15) is 32.1 Å². The fourth-order valence-corrected chi connectivity index (χ4v) is 3.01. The quantitative estimate of drug-likeness (QED) is 0.630. The molecule has 2 unspecified atom stereocenters. The van der Waals surface area contributed by atoms with E-state index in [4.69, 9.17) is 5.73 Å². The second-order valence-corrected chi connectivity index (χ2v) is 4.74. The van der Waals surface area contributed by atoms with Crippen LogP contribution in [0.15, 0.2) is 35.1 Å². The van der Waals surface area contributed by atoms with E-state index in [1.54, 1.807) is 0 Å². The van der Waals surface area contributed by atoms with Crippen molar-refractivity contribution in [1.82, 2.24) is 5.32 Å². The molecule has 1 saturated carbocycles. The van der Waals surface area contributed by atoms with Gasteiger partial charge >= 0.3 is 0 Å².